The second-order valence-corrected chi connectivity index (χ2v) is 5.57. The lowest BCUT2D eigenvalue weighted by Gasteiger charge is -2.19. The number of rotatable bonds is 4. The molecule has 2 atom stereocenters. The Hall–Kier alpha value is -1.73. The van der Waals surface area contributed by atoms with E-state index in [0.29, 0.717) is 6.54 Å². The van der Waals surface area contributed by atoms with Crippen LogP contribution in [0, 0.1) is 20.8 Å². The highest BCUT2D eigenvalue weighted by atomic mass is 16.5. The first-order valence-electron chi connectivity index (χ1n) is 7.15. The monoisotopic (exact) mass is 291 g/mol. The SMILES string of the molecule is CO[C@@H]1C[C@@H](c2n[nH]c(C)n2)N(Cc2nc(C)c(C)o2)C1. The number of nitrogens with one attached hydrogen (secondary N) is 1. The van der Waals surface area contributed by atoms with Crippen LogP contribution in [0.4, 0.5) is 0 Å². The van der Waals surface area contributed by atoms with Gasteiger partial charge in [-0.3, -0.25) is 10.00 Å². The van der Waals surface area contributed by atoms with Gasteiger partial charge in [0.25, 0.3) is 0 Å². The second-order valence-electron chi connectivity index (χ2n) is 5.57. The number of aryl methyl sites for hydroxylation is 3. The largest absolute Gasteiger partial charge is 0.444 e. The smallest absolute Gasteiger partial charge is 0.208 e. The lowest BCUT2D eigenvalue weighted by Crippen LogP contribution is -2.25. The number of hydrogen-bond acceptors (Lipinski definition) is 6. The van der Waals surface area contributed by atoms with Gasteiger partial charge in [-0.25, -0.2) is 9.97 Å². The van der Waals surface area contributed by atoms with Crippen LogP contribution in [0.5, 0.6) is 0 Å². The van der Waals surface area contributed by atoms with E-state index in [2.05, 4.69) is 25.1 Å². The third-order valence-corrected chi connectivity index (χ3v) is 4.02. The van der Waals surface area contributed by atoms with Crippen LogP contribution < -0.4 is 0 Å². The van der Waals surface area contributed by atoms with Crippen molar-refractivity contribution < 1.29 is 9.15 Å². The summed E-state index contributed by atoms with van der Waals surface area (Å²) in [6.45, 7) is 7.27. The van der Waals surface area contributed by atoms with E-state index in [-0.39, 0.29) is 12.1 Å². The molecule has 7 heteroatoms. The van der Waals surface area contributed by atoms with Gasteiger partial charge in [0, 0.05) is 13.7 Å². The van der Waals surface area contributed by atoms with Crippen LogP contribution in [0.1, 0.15) is 41.5 Å². The predicted molar refractivity (Wildman–Crippen MR) is 75.7 cm³/mol. The summed E-state index contributed by atoms with van der Waals surface area (Å²) in [7, 11) is 1.74. The summed E-state index contributed by atoms with van der Waals surface area (Å²) < 4.78 is 11.2. The molecular formula is C14H21N5O2. The molecule has 2 aromatic rings. The molecule has 0 aromatic carbocycles. The molecule has 1 fully saturated rings. The van der Waals surface area contributed by atoms with Crippen LogP contribution >= 0.6 is 0 Å². The summed E-state index contributed by atoms with van der Waals surface area (Å²) >= 11 is 0. The first-order chi connectivity index (χ1) is 10.1. The Morgan fingerprint density at radius 3 is 2.71 bits per heavy atom. The third kappa shape index (κ3) is 2.84. The van der Waals surface area contributed by atoms with Crippen LogP contribution in [0.25, 0.3) is 0 Å². The van der Waals surface area contributed by atoms with E-state index in [1.54, 1.807) is 7.11 Å². The van der Waals surface area contributed by atoms with Crippen molar-refractivity contribution in [1.82, 2.24) is 25.1 Å². The molecule has 0 bridgehead atoms. The van der Waals surface area contributed by atoms with E-state index >= 15 is 0 Å². The number of aromatic amines is 1. The van der Waals surface area contributed by atoms with Gasteiger partial charge >= 0.3 is 0 Å². The number of oxazole rings is 1. The summed E-state index contributed by atoms with van der Waals surface area (Å²) in [5.41, 5.74) is 0.942. The Morgan fingerprint density at radius 2 is 2.14 bits per heavy atom. The zero-order valence-electron chi connectivity index (χ0n) is 12.9. The Morgan fingerprint density at radius 1 is 1.33 bits per heavy atom. The minimum Gasteiger partial charge on any atom is -0.444 e. The Balaban J connectivity index is 1.80. The topological polar surface area (TPSA) is 80.1 Å². The molecular weight excluding hydrogens is 270 g/mol. The van der Waals surface area contributed by atoms with Crippen LogP contribution in [0.3, 0.4) is 0 Å². The Kier molecular flexibility index (Phi) is 3.77. The molecule has 21 heavy (non-hydrogen) atoms. The van der Waals surface area contributed by atoms with Crippen molar-refractivity contribution in [3.63, 3.8) is 0 Å². The molecule has 0 radical (unpaired) electrons. The molecule has 0 aliphatic carbocycles. The van der Waals surface area contributed by atoms with Crippen molar-refractivity contribution in [3.05, 3.63) is 29.0 Å². The quantitative estimate of drug-likeness (QED) is 0.923. The summed E-state index contributed by atoms with van der Waals surface area (Å²) in [6, 6.07) is 0.132. The van der Waals surface area contributed by atoms with Gasteiger partial charge in [0.15, 0.2) is 5.82 Å². The zero-order valence-corrected chi connectivity index (χ0v) is 12.9. The zero-order chi connectivity index (χ0) is 15.0. The van der Waals surface area contributed by atoms with Crippen LogP contribution in [0.2, 0.25) is 0 Å². The van der Waals surface area contributed by atoms with Gasteiger partial charge in [-0.05, 0) is 27.2 Å². The molecule has 1 aliphatic rings. The number of ether oxygens (including phenoxy) is 1. The van der Waals surface area contributed by atoms with Gasteiger partial charge in [-0.2, -0.15) is 5.10 Å². The molecule has 0 amide bonds. The van der Waals surface area contributed by atoms with Crippen LogP contribution in [-0.4, -0.2) is 44.8 Å². The molecule has 7 nitrogen and oxygen atoms in total. The number of methoxy groups -OCH3 is 1. The van der Waals surface area contributed by atoms with E-state index < -0.39 is 0 Å². The van der Waals surface area contributed by atoms with Gasteiger partial charge in [-0.15, -0.1) is 0 Å². The molecule has 3 heterocycles. The first-order valence-corrected chi connectivity index (χ1v) is 7.15. The highest BCUT2D eigenvalue weighted by Gasteiger charge is 2.36. The minimum atomic E-state index is 0.132. The summed E-state index contributed by atoms with van der Waals surface area (Å²) in [5.74, 6) is 3.25. The van der Waals surface area contributed by atoms with Crippen LogP contribution in [-0.2, 0) is 11.3 Å². The number of nitrogens with zero attached hydrogens (tertiary/aromatic N) is 4. The van der Waals surface area contributed by atoms with Crippen molar-refractivity contribution in [3.8, 4) is 0 Å². The average molecular weight is 291 g/mol. The number of hydrogen-bond donors (Lipinski definition) is 1. The lowest BCUT2D eigenvalue weighted by atomic mass is 10.2. The minimum absolute atomic E-state index is 0.132. The summed E-state index contributed by atoms with van der Waals surface area (Å²) in [5, 5.41) is 7.21. The van der Waals surface area contributed by atoms with E-state index in [1.165, 1.54) is 0 Å². The fourth-order valence-corrected chi connectivity index (χ4v) is 2.77. The summed E-state index contributed by atoms with van der Waals surface area (Å²) in [6.07, 6.45) is 1.07. The van der Waals surface area contributed by atoms with Gasteiger partial charge in [-0.1, -0.05) is 0 Å². The fraction of sp³-hybridized carbons (Fsp3) is 0.643. The summed E-state index contributed by atoms with van der Waals surface area (Å²) in [4.78, 5) is 11.2. The maximum absolute atomic E-state index is 5.69. The standard InChI is InChI=1S/C14H21N5O2/c1-8-9(2)21-13(15-8)7-19-6-11(20-4)5-12(19)14-16-10(3)17-18-14/h11-12H,5-7H2,1-4H3,(H,16,17,18)/t11-,12+/m1/s1. The Labute approximate surface area is 123 Å². The molecule has 1 saturated heterocycles. The van der Waals surface area contributed by atoms with E-state index in [4.69, 9.17) is 9.15 Å². The molecule has 114 valence electrons. The van der Waals surface area contributed by atoms with Gasteiger partial charge in [0.1, 0.15) is 11.6 Å². The van der Waals surface area contributed by atoms with Crippen molar-refractivity contribution in [2.75, 3.05) is 13.7 Å². The highest BCUT2D eigenvalue weighted by molar-refractivity contribution is 5.07. The van der Waals surface area contributed by atoms with E-state index in [0.717, 1.165) is 42.0 Å². The molecule has 1 aliphatic heterocycles. The maximum atomic E-state index is 5.69. The van der Waals surface area contributed by atoms with Gasteiger partial charge in [0.05, 0.1) is 24.4 Å². The highest BCUT2D eigenvalue weighted by Crippen LogP contribution is 2.32. The molecule has 1 N–H and O–H groups in total. The van der Waals surface area contributed by atoms with Crippen molar-refractivity contribution in [1.29, 1.82) is 0 Å². The van der Waals surface area contributed by atoms with Gasteiger partial charge in [0.2, 0.25) is 5.89 Å². The third-order valence-electron chi connectivity index (χ3n) is 4.02. The van der Waals surface area contributed by atoms with Crippen LogP contribution in [0.15, 0.2) is 4.42 Å². The molecule has 0 unspecified atom stereocenters. The van der Waals surface area contributed by atoms with E-state index in [1.807, 2.05) is 20.8 Å². The Bertz CT molecular complexity index is 601. The van der Waals surface area contributed by atoms with Crippen molar-refractivity contribution in [2.45, 2.75) is 45.9 Å². The number of aromatic nitrogens is 4. The fourth-order valence-electron chi connectivity index (χ4n) is 2.77. The lowest BCUT2D eigenvalue weighted by molar-refractivity contribution is 0.106. The van der Waals surface area contributed by atoms with Crippen molar-refractivity contribution in [2.24, 2.45) is 0 Å². The predicted octanol–water partition coefficient (Wildman–Crippen LogP) is 1.68. The number of H-pyrrole nitrogens is 1. The maximum Gasteiger partial charge on any atom is 0.208 e. The molecule has 0 saturated carbocycles. The normalized spacial score (nSPS) is 23.0. The molecule has 3 rings (SSSR count). The van der Waals surface area contributed by atoms with Gasteiger partial charge < -0.3 is 9.15 Å². The molecule has 0 spiro atoms. The van der Waals surface area contributed by atoms with E-state index in [9.17, 15) is 0 Å². The second kappa shape index (κ2) is 5.57. The first kappa shape index (κ1) is 14.2. The number of likely N-dealkylation sites (tertiary alicyclic amines) is 1. The van der Waals surface area contributed by atoms with Crippen molar-refractivity contribution >= 4 is 0 Å². The average Bonchev–Trinajstić information content (AvgIpc) is 3.11. The molecule has 2 aromatic heterocycles.